The number of nitriles is 1. The lowest BCUT2D eigenvalue weighted by Crippen LogP contribution is -2.00. The zero-order valence-electron chi connectivity index (χ0n) is 8.34. The number of nitrogens with zero attached hydrogens (tertiary/aromatic N) is 1. The van der Waals surface area contributed by atoms with Crippen molar-refractivity contribution in [3.8, 4) is 6.07 Å². The van der Waals surface area contributed by atoms with Crippen molar-refractivity contribution in [3.05, 3.63) is 29.1 Å². The second-order valence-electron chi connectivity index (χ2n) is 3.75. The molecule has 0 aliphatic carbocycles. The maximum atomic E-state index is 13.3. The van der Waals surface area contributed by atoms with Crippen LogP contribution in [0.3, 0.4) is 0 Å². The molecule has 0 aliphatic rings. The van der Waals surface area contributed by atoms with Gasteiger partial charge in [-0.1, -0.05) is 13.8 Å². The highest BCUT2D eigenvalue weighted by Crippen LogP contribution is 2.19. The van der Waals surface area contributed by atoms with E-state index in [0.717, 1.165) is 12.0 Å². The minimum atomic E-state index is -0.525. The van der Waals surface area contributed by atoms with Crippen LogP contribution in [0.25, 0.3) is 0 Å². The third-order valence-corrected chi connectivity index (χ3v) is 1.94. The predicted octanol–water partition coefficient (Wildman–Crippen LogP) is 2.48. The van der Waals surface area contributed by atoms with Gasteiger partial charge in [0.15, 0.2) is 0 Å². The highest BCUT2D eigenvalue weighted by molar-refractivity contribution is 5.56. The van der Waals surface area contributed by atoms with E-state index in [1.54, 1.807) is 12.1 Å². The van der Waals surface area contributed by atoms with E-state index in [1.807, 2.05) is 13.8 Å². The lowest BCUT2D eigenvalue weighted by molar-refractivity contribution is 0.611. The molecule has 0 unspecified atom stereocenters. The van der Waals surface area contributed by atoms with Crippen molar-refractivity contribution in [1.29, 1.82) is 5.26 Å². The fourth-order valence-corrected chi connectivity index (χ4v) is 1.39. The number of rotatable bonds is 2. The fraction of sp³-hybridized carbons (Fsp3) is 0.364. The average Bonchev–Trinajstić information content (AvgIpc) is 2.01. The Labute approximate surface area is 83.2 Å². The van der Waals surface area contributed by atoms with Crippen LogP contribution in [-0.2, 0) is 6.42 Å². The molecule has 2 N–H and O–H groups in total. The van der Waals surface area contributed by atoms with Crippen molar-refractivity contribution < 1.29 is 4.39 Å². The quantitative estimate of drug-likeness (QED) is 0.732. The third-order valence-electron chi connectivity index (χ3n) is 1.94. The first-order valence-electron chi connectivity index (χ1n) is 4.52. The van der Waals surface area contributed by atoms with Crippen LogP contribution in [0.2, 0.25) is 0 Å². The van der Waals surface area contributed by atoms with Crippen molar-refractivity contribution in [2.24, 2.45) is 5.92 Å². The molecule has 1 aromatic carbocycles. The van der Waals surface area contributed by atoms with Crippen LogP contribution in [-0.4, -0.2) is 0 Å². The molecule has 0 saturated carbocycles. The van der Waals surface area contributed by atoms with Crippen LogP contribution in [0.1, 0.15) is 25.0 Å². The lowest BCUT2D eigenvalue weighted by Gasteiger charge is -2.07. The minimum absolute atomic E-state index is 0.0579. The highest BCUT2D eigenvalue weighted by atomic mass is 19.1. The van der Waals surface area contributed by atoms with E-state index in [9.17, 15) is 4.39 Å². The van der Waals surface area contributed by atoms with Crippen molar-refractivity contribution in [3.63, 3.8) is 0 Å². The molecule has 0 bridgehead atoms. The van der Waals surface area contributed by atoms with Gasteiger partial charge in [-0.3, -0.25) is 0 Å². The summed E-state index contributed by atoms with van der Waals surface area (Å²) < 4.78 is 13.3. The zero-order chi connectivity index (χ0) is 10.7. The fourth-order valence-electron chi connectivity index (χ4n) is 1.39. The highest BCUT2D eigenvalue weighted by Gasteiger charge is 2.08. The molecule has 0 spiro atoms. The van der Waals surface area contributed by atoms with Gasteiger partial charge >= 0.3 is 0 Å². The number of hydrogen-bond acceptors (Lipinski definition) is 2. The SMILES string of the molecule is CC(C)Cc1cc(N)c(C#N)c(F)c1. The van der Waals surface area contributed by atoms with Crippen LogP contribution >= 0.6 is 0 Å². The first-order valence-corrected chi connectivity index (χ1v) is 4.52. The van der Waals surface area contributed by atoms with Gasteiger partial charge in [-0.25, -0.2) is 4.39 Å². The Morgan fingerprint density at radius 2 is 2.14 bits per heavy atom. The molecular weight excluding hydrogens is 179 g/mol. The molecule has 1 aromatic rings. The number of halogens is 1. The summed E-state index contributed by atoms with van der Waals surface area (Å²) in [6.07, 6.45) is 0.771. The Kier molecular flexibility index (Phi) is 3.08. The van der Waals surface area contributed by atoms with Crippen molar-refractivity contribution in [1.82, 2.24) is 0 Å². The molecule has 0 heterocycles. The van der Waals surface area contributed by atoms with Crippen molar-refractivity contribution in [2.45, 2.75) is 20.3 Å². The summed E-state index contributed by atoms with van der Waals surface area (Å²) in [4.78, 5) is 0. The summed E-state index contributed by atoms with van der Waals surface area (Å²) in [6.45, 7) is 4.10. The molecule has 0 aromatic heterocycles. The Hall–Kier alpha value is -1.56. The maximum absolute atomic E-state index is 13.3. The molecule has 0 aliphatic heterocycles. The van der Waals surface area contributed by atoms with E-state index in [-0.39, 0.29) is 11.3 Å². The van der Waals surface area contributed by atoms with Gasteiger partial charge in [0, 0.05) is 0 Å². The van der Waals surface area contributed by atoms with Crippen LogP contribution < -0.4 is 5.73 Å². The number of nitrogen functional groups attached to an aromatic ring is 1. The molecule has 74 valence electrons. The third kappa shape index (κ3) is 2.23. The molecule has 0 atom stereocenters. The summed E-state index contributed by atoms with van der Waals surface area (Å²) in [5.74, 6) is -0.0788. The summed E-state index contributed by atoms with van der Waals surface area (Å²) in [5, 5.41) is 8.60. The van der Waals surface area contributed by atoms with Gasteiger partial charge in [0.2, 0.25) is 0 Å². The molecule has 0 radical (unpaired) electrons. The summed E-state index contributed by atoms with van der Waals surface area (Å²) >= 11 is 0. The Bertz CT molecular complexity index is 354. The smallest absolute Gasteiger partial charge is 0.143 e. The van der Waals surface area contributed by atoms with Gasteiger partial charge < -0.3 is 5.73 Å². The topological polar surface area (TPSA) is 49.8 Å². The van der Waals surface area contributed by atoms with E-state index in [0.29, 0.717) is 5.92 Å². The van der Waals surface area contributed by atoms with E-state index in [1.165, 1.54) is 6.07 Å². The van der Waals surface area contributed by atoms with E-state index >= 15 is 0 Å². The number of anilines is 1. The monoisotopic (exact) mass is 192 g/mol. The second kappa shape index (κ2) is 4.10. The zero-order valence-corrected chi connectivity index (χ0v) is 8.34. The molecule has 14 heavy (non-hydrogen) atoms. The lowest BCUT2D eigenvalue weighted by atomic mass is 10.0. The maximum Gasteiger partial charge on any atom is 0.143 e. The number of hydrogen-bond donors (Lipinski definition) is 1. The van der Waals surface area contributed by atoms with Crippen LogP contribution in [0, 0.1) is 23.1 Å². The summed E-state index contributed by atoms with van der Waals surface area (Å²) in [5.41, 5.74) is 6.55. The molecule has 2 nitrogen and oxygen atoms in total. The van der Waals surface area contributed by atoms with Gasteiger partial charge in [-0.15, -0.1) is 0 Å². The summed E-state index contributed by atoms with van der Waals surface area (Å²) in [6, 6.07) is 4.80. The molecule has 3 heteroatoms. The largest absolute Gasteiger partial charge is 0.398 e. The first kappa shape index (κ1) is 10.5. The molecule has 0 fully saturated rings. The average molecular weight is 192 g/mol. The standard InChI is InChI=1S/C11H13FN2/c1-7(2)3-8-4-10(12)9(6-13)11(14)5-8/h4-5,7H,3,14H2,1-2H3. The van der Waals surface area contributed by atoms with Crippen LogP contribution in [0.15, 0.2) is 12.1 Å². The number of nitrogens with two attached hydrogens (primary N) is 1. The predicted molar refractivity (Wildman–Crippen MR) is 54.1 cm³/mol. The molecule has 0 amide bonds. The minimum Gasteiger partial charge on any atom is -0.398 e. The van der Waals surface area contributed by atoms with Gasteiger partial charge in [0.25, 0.3) is 0 Å². The molecular formula is C11H13FN2. The van der Waals surface area contributed by atoms with Crippen LogP contribution in [0.4, 0.5) is 10.1 Å². The normalized spacial score (nSPS) is 10.2. The van der Waals surface area contributed by atoms with E-state index in [2.05, 4.69) is 0 Å². The Morgan fingerprint density at radius 1 is 1.50 bits per heavy atom. The van der Waals surface area contributed by atoms with E-state index < -0.39 is 5.82 Å². The second-order valence-corrected chi connectivity index (χ2v) is 3.75. The van der Waals surface area contributed by atoms with Crippen molar-refractivity contribution in [2.75, 3.05) is 5.73 Å². The van der Waals surface area contributed by atoms with Gasteiger partial charge in [0.1, 0.15) is 17.4 Å². The first-order chi connectivity index (χ1) is 6.54. The Balaban J connectivity index is 3.09. The van der Waals surface area contributed by atoms with Crippen molar-refractivity contribution >= 4 is 5.69 Å². The van der Waals surface area contributed by atoms with Crippen LogP contribution in [0.5, 0.6) is 0 Å². The molecule has 0 saturated heterocycles. The number of benzene rings is 1. The van der Waals surface area contributed by atoms with E-state index in [4.69, 9.17) is 11.0 Å². The summed E-state index contributed by atoms with van der Waals surface area (Å²) in [7, 11) is 0. The molecule has 1 rings (SSSR count). The Morgan fingerprint density at radius 3 is 2.57 bits per heavy atom. The van der Waals surface area contributed by atoms with Gasteiger partial charge in [-0.2, -0.15) is 5.26 Å². The van der Waals surface area contributed by atoms with Gasteiger partial charge in [-0.05, 0) is 30.0 Å². The van der Waals surface area contributed by atoms with Gasteiger partial charge in [0.05, 0.1) is 5.69 Å².